The highest BCUT2D eigenvalue weighted by Crippen LogP contribution is 2.27. The summed E-state index contributed by atoms with van der Waals surface area (Å²) in [7, 11) is 4.13. The summed E-state index contributed by atoms with van der Waals surface area (Å²) < 4.78 is 5.00. The van der Waals surface area contributed by atoms with E-state index >= 15 is 0 Å². The van der Waals surface area contributed by atoms with Crippen LogP contribution in [0, 0.1) is 0 Å². The van der Waals surface area contributed by atoms with Crippen molar-refractivity contribution in [2.75, 3.05) is 20.6 Å². The fraction of sp³-hybridized carbons (Fsp3) is 0.222. The molecule has 6 heteroatoms. The number of H-pyrrole nitrogens is 1. The number of benzene rings is 2. The maximum atomic E-state index is 11.0. The highest BCUT2D eigenvalue weighted by atomic mass is 16.5. The number of ether oxygens (including phenoxy) is 1. The number of primary amides is 1. The SMILES string of the molecule is CN(C)CCc1ccc(-c2nc3c(OC(N)=O)cccc3[nH]2)cc1. The van der Waals surface area contributed by atoms with Crippen molar-refractivity contribution in [2.24, 2.45) is 5.73 Å². The molecule has 3 rings (SSSR count). The molecule has 1 aromatic heterocycles. The third-order valence-electron chi connectivity index (χ3n) is 3.76. The number of amides is 1. The van der Waals surface area contributed by atoms with Crippen molar-refractivity contribution in [1.29, 1.82) is 0 Å². The first kappa shape index (κ1) is 16.0. The van der Waals surface area contributed by atoms with Gasteiger partial charge in [0.15, 0.2) is 5.75 Å². The summed E-state index contributed by atoms with van der Waals surface area (Å²) in [5.41, 5.74) is 8.73. The molecule has 0 saturated carbocycles. The van der Waals surface area contributed by atoms with Crippen LogP contribution in [0.3, 0.4) is 0 Å². The van der Waals surface area contributed by atoms with Crippen LogP contribution in [-0.2, 0) is 6.42 Å². The number of carbonyl (C=O) groups is 1. The number of likely N-dealkylation sites (N-methyl/N-ethyl adjacent to an activating group) is 1. The standard InChI is InChI=1S/C18H20N4O2/c1-22(2)11-10-12-6-8-13(9-7-12)17-20-14-4-3-5-15(16(14)21-17)24-18(19)23/h3-9H,10-11H2,1-2H3,(H2,19,23)(H,20,21). The maximum Gasteiger partial charge on any atom is 0.410 e. The normalized spacial score (nSPS) is 11.1. The van der Waals surface area contributed by atoms with Crippen molar-refractivity contribution >= 4 is 17.1 Å². The van der Waals surface area contributed by atoms with Gasteiger partial charge >= 0.3 is 6.09 Å². The molecule has 0 aliphatic heterocycles. The molecule has 6 nitrogen and oxygen atoms in total. The Kier molecular flexibility index (Phi) is 4.48. The lowest BCUT2D eigenvalue weighted by Crippen LogP contribution is -2.16. The fourth-order valence-electron chi connectivity index (χ4n) is 2.52. The number of para-hydroxylation sites is 1. The van der Waals surface area contributed by atoms with Gasteiger partial charge in [-0.25, -0.2) is 9.78 Å². The number of hydrogen-bond donors (Lipinski definition) is 2. The molecule has 0 aliphatic rings. The predicted octanol–water partition coefficient (Wildman–Crippen LogP) is 2.79. The van der Waals surface area contributed by atoms with E-state index in [9.17, 15) is 4.79 Å². The zero-order valence-electron chi connectivity index (χ0n) is 13.7. The van der Waals surface area contributed by atoms with Crippen LogP contribution in [0.25, 0.3) is 22.4 Å². The van der Waals surface area contributed by atoms with E-state index in [4.69, 9.17) is 10.5 Å². The van der Waals surface area contributed by atoms with Crippen LogP contribution in [0.2, 0.25) is 0 Å². The van der Waals surface area contributed by atoms with Gasteiger partial charge in [0.1, 0.15) is 11.3 Å². The first-order chi connectivity index (χ1) is 11.5. The molecule has 3 N–H and O–H groups in total. The number of carbonyl (C=O) groups excluding carboxylic acids is 1. The minimum Gasteiger partial charge on any atom is -0.408 e. The quantitative estimate of drug-likeness (QED) is 0.756. The molecule has 0 aliphatic carbocycles. The minimum absolute atomic E-state index is 0.352. The van der Waals surface area contributed by atoms with Gasteiger partial charge in [0, 0.05) is 12.1 Å². The van der Waals surface area contributed by atoms with E-state index in [0.717, 1.165) is 29.9 Å². The van der Waals surface area contributed by atoms with Gasteiger partial charge in [0.2, 0.25) is 0 Å². The maximum absolute atomic E-state index is 11.0. The molecule has 0 radical (unpaired) electrons. The highest BCUT2D eigenvalue weighted by molar-refractivity contribution is 5.87. The first-order valence-electron chi connectivity index (χ1n) is 7.73. The van der Waals surface area contributed by atoms with Crippen molar-refractivity contribution in [3.05, 3.63) is 48.0 Å². The molecule has 3 aromatic rings. The van der Waals surface area contributed by atoms with Gasteiger partial charge in [-0.15, -0.1) is 0 Å². The Bertz CT molecular complexity index is 853. The third kappa shape index (κ3) is 3.55. The van der Waals surface area contributed by atoms with Crippen LogP contribution in [0.5, 0.6) is 5.75 Å². The van der Waals surface area contributed by atoms with E-state index in [1.54, 1.807) is 12.1 Å². The summed E-state index contributed by atoms with van der Waals surface area (Å²) in [4.78, 5) is 20.9. The van der Waals surface area contributed by atoms with Crippen molar-refractivity contribution in [3.8, 4) is 17.1 Å². The molecule has 0 spiro atoms. The Morgan fingerprint density at radius 2 is 1.96 bits per heavy atom. The van der Waals surface area contributed by atoms with Crippen LogP contribution >= 0.6 is 0 Å². The number of nitrogens with one attached hydrogen (secondary N) is 1. The molecular weight excluding hydrogens is 304 g/mol. The zero-order chi connectivity index (χ0) is 17.1. The van der Waals surface area contributed by atoms with Crippen molar-refractivity contribution < 1.29 is 9.53 Å². The van der Waals surface area contributed by atoms with E-state index in [2.05, 4.69) is 41.1 Å². The molecule has 2 aromatic carbocycles. The molecule has 24 heavy (non-hydrogen) atoms. The van der Waals surface area contributed by atoms with Gasteiger partial charge in [-0.05, 0) is 38.2 Å². The Morgan fingerprint density at radius 1 is 1.21 bits per heavy atom. The van der Waals surface area contributed by atoms with Gasteiger partial charge in [-0.3, -0.25) is 0 Å². The Balaban J connectivity index is 1.88. The summed E-state index contributed by atoms with van der Waals surface area (Å²) >= 11 is 0. The molecule has 1 heterocycles. The van der Waals surface area contributed by atoms with Gasteiger partial charge in [-0.2, -0.15) is 0 Å². The fourth-order valence-corrected chi connectivity index (χ4v) is 2.52. The summed E-state index contributed by atoms with van der Waals surface area (Å²) in [6, 6.07) is 13.6. The molecule has 0 unspecified atom stereocenters. The first-order valence-corrected chi connectivity index (χ1v) is 7.73. The molecule has 0 atom stereocenters. The highest BCUT2D eigenvalue weighted by Gasteiger charge is 2.11. The van der Waals surface area contributed by atoms with E-state index < -0.39 is 6.09 Å². The van der Waals surface area contributed by atoms with E-state index in [-0.39, 0.29) is 0 Å². The lowest BCUT2D eigenvalue weighted by Gasteiger charge is -2.09. The van der Waals surface area contributed by atoms with Crippen LogP contribution < -0.4 is 10.5 Å². The smallest absolute Gasteiger partial charge is 0.408 e. The van der Waals surface area contributed by atoms with E-state index in [1.165, 1.54) is 5.56 Å². The molecular formula is C18H20N4O2. The molecule has 0 fully saturated rings. The molecule has 0 saturated heterocycles. The zero-order valence-corrected chi connectivity index (χ0v) is 13.7. The Hall–Kier alpha value is -2.86. The molecule has 0 bridgehead atoms. The number of rotatable bonds is 5. The van der Waals surface area contributed by atoms with Gasteiger partial charge in [0.05, 0.1) is 5.52 Å². The topological polar surface area (TPSA) is 84.2 Å². The van der Waals surface area contributed by atoms with Crippen molar-refractivity contribution in [3.63, 3.8) is 0 Å². The third-order valence-corrected chi connectivity index (χ3v) is 3.76. The lowest BCUT2D eigenvalue weighted by atomic mass is 10.1. The second kappa shape index (κ2) is 6.72. The summed E-state index contributed by atoms with van der Waals surface area (Å²) in [6.07, 6.45) is 0.154. The molecule has 1 amide bonds. The van der Waals surface area contributed by atoms with Crippen molar-refractivity contribution in [1.82, 2.24) is 14.9 Å². The second-order valence-corrected chi connectivity index (χ2v) is 5.91. The Labute approximate surface area is 140 Å². The number of nitrogens with two attached hydrogens (primary N) is 1. The van der Waals surface area contributed by atoms with Crippen molar-refractivity contribution in [2.45, 2.75) is 6.42 Å². The number of aromatic amines is 1. The van der Waals surface area contributed by atoms with E-state index in [0.29, 0.717) is 11.3 Å². The number of fused-ring (bicyclic) bond motifs is 1. The number of hydrogen-bond acceptors (Lipinski definition) is 4. The van der Waals surface area contributed by atoms with Gasteiger partial charge < -0.3 is 20.4 Å². The number of aromatic nitrogens is 2. The van der Waals surface area contributed by atoms with Crippen LogP contribution in [-0.4, -0.2) is 41.6 Å². The lowest BCUT2D eigenvalue weighted by molar-refractivity contribution is 0.211. The van der Waals surface area contributed by atoms with E-state index in [1.807, 2.05) is 18.2 Å². The van der Waals surface area contributed by atoms with Crippen LogP contribution in [0.15, 0.2) is 42.5 Å². The van der Waals surface area contributed by atoms with Crippen LogP contribution in [0.4, 0.5) is 4.79 Å². The average molecular weight is 324 g/mol. The van der Waals surface area contributed by atoms with Gasteiger partial charge in [0.25, 0.3) is 0 Å². The minimum atomic E-state index is -0.850. The summed E-state index contributed by atoms with van der Waals surface area (Å²) in [5, 5.41) is 0. The average Bonchev–Trinajstić information content (AvgIpc) is 2.98. The number of nitrogens with zero attached hydrogens (tertiary/aromatic N) is 2. The van der Waals surface area contributed by atoms with Crippen LogP contribution in [0.1, 0.15) is 5.56 Å². The Morgan fingerprint density at radius 3 is 2.62 bits per heavy atom. The summed E-state index contributed by atoms with van der Waals surface area (Å²) in [6.45, 7) is 1.01. The van der Waals surface area contributed by atoms with Gasteiger partial charge in [-0.1, -0.05) is 30.3 Å². The second-order valence-electron chi connectivity index (χ2n) is 5.91. The summed E-state index contributed by atoms with van der Waals surface area (Å²) in [5.74, 6) is 1.08. The largest absolute Gasteiger partial charge is 0.410 e. The predicted molar refractivity (Wildman–Crippen MR) is 94.0 cm³/mol. The number of imidazole rings is 1. The molecule has 124 valence electrons. The monoisotopic (exact) mass is 324 g/mol.